The van der Waals surface area contributed by atoms with Gasteiger partial charge < -0.3 is 4.74 Å². The number of hydrogen-bond donors (Lipinski definition) is 0. The lowest BCUT2D eigenvalue weighted by atomic mass is 9.89. The van der Waals surface area contributed by atoms with Crippen LogP contribution in [0.2, 0.25) is 0 Å². The summed E-state index contributed by atoms with van der Waals surface area (Å²) >= 11 is 3.71. The molecule has 2 nitrogen and oxygen atoms in total. The molecule has 1 aliphatic carbocycles. The van der Waals surface area contributed by atoms with Crippen molar-refractivity contribution in [2.75, 3.05) is 7.11 Å². The van der Waals surface area contributed by atoms with Crippen LogP contribution in [0, 0.1) is 0 Å². The molecule has 0 amide bonds. The minimum atomic E-state index is 0.000573. The minimum absolute atomic E-state index is 0.000573. The van der Waals surface area contributed by atoms with Crippen LogP contribution in [0.15, 0.2) is 95.5 Å². The molecule has 0 fully saturated rings. The highest BCUT2D eigenvalue weighted by Crippen LogP contribution is 2.46. The molecular formula is C28H21BrO2. The van der Waals surface area contributed by atoms with Gasteiger partial charge in [-0.25, -0.2) is 0 Å². The lowest BCUT2D eigenvalue weighted by Gasteiger charge is -2.15. The van der Waals surface area contributed by atoms with Gasteiger partial charge in [0.05, 0.1) is 12.7 Å². The van der Waals surface area contributed by atoms with Gasteiger partial charge in [0.15, 0.2) is 5.78 Å². The molecule has 0 aromatic heterocycles. The zero-order valence-corrected chi connectivity index (χ0v) is 18.7. The number of fused-ring (bicyclic) bond motifs is 3. The molecule has 0 heterocycles. The van der Waals surface area contributed by atoms with E-state index < -0.39 is 0 Å². The Bertz CT molecular complexity index is 1340. The van der Waals surface area contributed by atoms with Crippen LogP contribution in [-0.4, -0.2) is 12.9 Å². The van der Waals surface area contributed by atoms with Gasteiger partial charge in [0, 0.05) is 16.8 Å². The zero-order valence-electron chi connectivity index (χ0n) is 17.1. The quantitative estimate of drug-likeness (QED) is 0.285. The van der Waals surface area contributed by atoms with Crippen LogP contribution in [0.3, 0.4) is 0 Å². The lowest BCUT2D eigenvalue weighted by molar-refractivity contribution is 0.0976. The third-order valence-electron chi connectivity index (χ3n) is 5.98. The fourth-order valence-corrected chi connectivity index (χ4v) is 5.06. The molecule has 0 saturated heterocycles. The highest BCUT2D eigenvalue weighted by molar-refractivity contribution is 9.10. The smallest absolute Gasteiger partial charge is 0.167 e. The van der Waals surface area contributed by atoms with Gasteiger partial charge in [-0.15, -0.1) is 0 Å². The average molecular weight is 469 g/mol. The van der Waals surface area contributed by atoms with Crippen molar-refractivity contribution in [2.24, 2.45) is 0 Å². The second kappa shape index (κ2) is 8.16. The SMILES string of the molecule is COc1ccccc1C(=O)C[C@H]1C=C(c2ccccc2Br)c2ccc3ccccc3c21. The van der Waals surface area contributed by atoms with Crippen molar-refractivity contribution >= 4 is 38.1 Å². The van der Waals surface area contributed by atoms with E-state index in [1.54, 1.807) is 7.11 Å². The number of carbonyl (C=O) groups excluding carboxylic acids is 1. The summed E-state index contributed by atoms with van der Waals surface area (Å²) in [6.45, 7) is 0. The Kier molecular flexibility index (Phi) is 5.21. The Balaban J connectivity index is 1.64. The van der Waals surface area contributed by atoms with Crippen LogP contribution < -0.4 is 4.74 Å². The highest BCUT2D eigenvalue weighted by Gasteiger charge is 2.29. The highest BCUT2D eigenvalue weighted by atomic mass is 79.9. The predicted octanol–water partition coefficient (Wildman–Crippen LogP) is 7.41. The Morgan fingerprint density at radius 1 is 0.871 bits per heavy atom. The molecule has 31 heavy (non-hydrogen) atoms. The van der Waals surface area contributed by atoms with Crippen molar-refractivity contribution in [3.05, 3.63) is 118 Å². The van der Waals surface area contributed by atoms with Gasteiger partial charge in [-0.1, -0.05) is 88.7 Å². The topological polar surface area (TPSA) is 26.3 Å². The van der Waals surface area contributed by atoms with Crippen molar-refractivity contribution in [3.8, 4) is 5.75 Å². The largest absolute Gasteiger partial charge is 0.496 e. The van der Waals surface area contributed by atoms with Crippen LogP contribution in [0.25, 0.3) is 16.3 Å². The molecule has 4 aromatic carbocycles. The number of halogens is 1. The number of ether oxygens (including phenoxy) is 1. The number of hydrogen-bond acceptors (Lipinski definition) is 2. The third kappa shape index (κ3) is 3.49. The first kappa shape index (κ1) is 19.8. The second-order valence-corrected chi connectivity index (χ2v) is 8.60. The van der Waals surface area contributed by atoms with E-state index in [-0.39, 0.29) is 11.7 Å². The van der Waals surface area contributed by atoms with Gasteiger partial charge in [-0.2, -0.15) is 0 Å². The number of benzene rings is 4. The van der Waals surface area contributed by atoms with Crippen molar-refractivity contribution in [2.45, 2.75) is 12.3 Å². The monoisotopic (exact) mass is 468 g/mol. The molecule has 0 radical (unpaired) electrons. The lowest BCUT2D eigenvalue weighted by Crippen LogP contribution is -2.07. The molecule has 0 aliphatic heterocycles. The molecule has 0 N–H and O–H groups in total. The second-order valence-electron chi connectivity index (χ2n) is 7.74. The summed E-state index contributed by atoms with van der Waals surface area (Å²) in [5.74, 6) is 0.713. The molecule has 1 atom stereocenters. The first-order valence-corrected chi connectivity index (χ1v) is 11.1. The molecule has 1 aliphatic rings. The van der Waals surface area contributed by atoms with Gasteiger partial charge in [0.1, 0.15) is 5.75 Å². The first-order valence-electron chi connectivity index (χ1n) is 10.3. The van der Waals surface area contributed by atoms with Crippen LogP contribution >= 0.6 is 15.9 Å². The molecule has 152 valence electrons. The summed E-state index contributed by atoms with van der Waals surface area (Å²) in [4.78, 5) is 13.3. The van der Waals surface area contributed by atoms with E-state index >= 15 is 0 Å². The van der Waals surface area contributed by atoms with E-state index in [9.17, 15) is 4.79 Å². The number of methoxy groups -OCH3 is 1. The van der Waals surface area contributed by atoms with E-state index in [2.05, 4.69) is 76.6 Å². The van der Waals surface area contributed by atoms with Crippen molar-refractivity contribution < 1.29 is 9.53 Å². The fraction of sp³-hybridized carbons (Fsp3) is 0.107. The van der Waals surface area contributed by atoms with E-state index in [0.717, 1.165) is 10.0 Å². The first-order chi connectivity index (χ1) is 15.2. The number of Topliss-reactive ketones (excluding diaryl/α,β-unsaturated/α-hetero) is 1. The third-order valence-corrected chi connectivity index (χ3v) is 6.67. The van der Waals surface area contributed by atoms with Crippen molar-refractivity contribution in [1.29, 1.82) is 0 Å². The fourth-order valence-electron chi connectivity index (χ4n) is 4.56. The summed E-state index contributed by atoms with van der Waals surface area (Å²) in [6.07, 6.45) is 2.65. The maximum absolute atomic E-state index is 13.3. The number of carbonyl (C=O) groups is 1. The molecule has 0 unspecified atom stereocenters. The average Bonchev–Trinajstić information content (AvgIpc) is 3.17. The Morgan fingerprint density at radius 3 is 2.45 bits per heavy atom. The zero-order chi connectivity index (χ0) is 21.4. The van der Waals surface area contributed by atoms with Crippen LogP contribution in [-0.2, 0) is 0 Å². The van der Waals surface area contributed by atoms with E-state index in [1.165, 1.54) is 27.5 Å². The maximum atomic E-state index is 13.3. The number of ketones is 1. The van der Waals surface area contributed by atoms with Crippen LogP contribution in [0.1, 0.15) is 39.4 Å². The standard InChI is InChI=1S/C28H21BrO2/c1-31-27-13-7-5-11-23(27)26(30)17-19-16-24(21-10-4-6-12-25(21)29)22-15-14-18-8-2-3-9-20(18)28(19)22/h2-16,19H,17H2,1H3/t19-/m1/s1. The molecule has 5 rings (SSSR count). The normalized spacial score (nSPS) is 14.9. The summed E-state index contributed by atoms with van der Waals surface area (Å²) in [5.41, 5.74) is 5.38. The summed E-state index contributed by atoms with van der Waals surface area (Å²) in [6, 6.07) is 28.5. The molecule has 0 spiro atoms. The van der Waals surface area contributed by atoms with Crippen molar-refractivity contribution in [3.63, 3.8) is 0 Å². The number of para-hydroxylation sites is 1. The van der Waals surface area contributed by atoms with Gasteiger partial charge >= 0.3 is 0 Å². The maximum Gasteiger partial charge on any atom is 0.167 e. The number of rotatable bonds is 5. The van der Waals surface area contributed by atoms with Crippen LogP contribution in [0.5, 0.6) is 5.75 Å². The van der Waals surface area contributed by atoms with Crippen LogP contribution in [0.4, 0.5) is 0 Å². The Labute approximate surface area is 190 Å². The van der Waals surface area contributed by atoms with Gasteiger partial charge in [-0.3, -0.25) is 4.79 Å². The Morgan fingerprint density at radius 2 is 1.61 bits per heavy atom. The summed E-state index contributed by atoms with van der Waals surface area (Å²) in [7, 11) is 1.61. The summed E-state index contributed by atoms with van der Waals surface area (Å²) < 4.78 is 6.49. The summed E-state index contributed by atoms with van der Waals surface area (Å²) in [5, 5.41) is 2.40. The van der Waals surface area contributed by atoms with E-state index in [0.29, 0.717) is 17.7 Å². The molecule has 0 bridgehead atoms. The van der Waals surface area contributed by atoms with E-state index in [4.69, 9.17) is 4.74 Å². The molecule has 3 heteroatoms. The minimum Gasteiger partial charge on any atom is -0.496 e. The van der Waals surface area contributed by atoms with Crippen molar-refractivity contribution in [1.82, 2.24) is 0 Å². The molecule has 4 aromatic rings. The molecular weight excluding hydrogens is 448 g/mol. The molecule has 0 saturated carbocycles. The van der Waals surface area contributed by atoms with Gasteiger partial charge in [0.25, 0.3) is 0 Å². The number of allylic oxidation sites excluding steroid dienone is 1. The van der Waals surface area contributed by atoms with E-state index in [1.807, 2.05) is 30.3 Å². The van der Waals surface area contributed by atoms with Gasteiger partial charge in [0.2, 0.25) is 0 Å². The van der Waals surface area contributed by atoms with Gasteiger partial charge in [-0.05, 0) is 51.2 Å². The predicted molar refractivity (Wildman–Crippen MR) is 130 cm³/mol. The Hall–Kier alpha value is -3.17.